The Hall–Kier alpha value is -4.37. The van der Waals surface area contributed by atoms with Crippen LogP contribution < -0.4 is 5.32 Å². The van der Waals surface area contributed by atoms with Crippen LogP contribution in [-0.2, 0) is 4.79 Å². The lowest BCUT2D eigenvalue weighted by Gasteiger charge is -2.11. The molecular weight excluding hydrogens is 482 g/mol. The summed E-state index contributed by atoms with van der Waals surface area (Å²) in [5.74, 6) is 0.172. The van der Waals surface area contributed by atoms with Crippen LogP contribution in [-0.4, -0.2) is 36.0 Å². The first-order chi connectivity index (χ1) is 18.2. The second kappa shape index (κ2) is 8.94. The number of rotatable bonds is 5. The third kappa shape index (κ3) is 3.97. The minimum Gasteiger partial charge on any atom is -0.352 e. The van der Waals surface area contributed by atoms with Gasteiger partial charge >= 0.3 is 0 Å². The molecule has 7 rings (SSSR count). The minimum absolute atomic E-state index is 0.0761. The Kier molecular flexibility index (Phi) is 5.28. The lowest BCUT2D eigenvalue weighted by Crippen LogP contribution is -2.20. The summed E-state index contributed by atoms with van der Waals surface area (Å²) in [7, 11) is 0. The number of H-pyrrole nitrogens is 2. The molecule has 0 radical (unpaired) electrons. The third-order valence-corrected chi connectivity index (χ3v) is 7.97. The molecule has 9 heteroatoms. The second-order valence-corrected chi connectivity index (χ2v) is 10.4. The molecule has 6 heterocycles. The maximum atomic E-state index is 12.6. The number of nitrogens with one attached hydrogen (secondary N) is 3. The predicted molar refractivity (Wildman–Crippen MR) is 146 cm³/mol. The van der Waals surface area contributed by atoms with E-state index in [1.807, 2.05) is 30.6 Å². The second-order valence-electron chi connectivity index (χ2n) is 9.43. The normalized spacial score (nSPS) is 14.1. The fraction of sp³-hybridized carbons (Fsp3) is 0.179. The fourth-order valence-corrected chi connectivity index (χ4v) is 5.92. The van der Waals surface area contributed by atoms with Gasteiger partial charge in [0.15, 0.2) is 0 Å². The van der Waals surface area contributed by atoms with Crippen molar-refractivity contribution in [1.29, 1.82) is 0 Å². The summed E-state index contributed by atoms with van der Waals surface area (Å²) in [4.78, 5) is 30.7. The Labute approximate surface area is 216 Å². The smallest absolute Gasteiger partial charge is 0.227 e. The molecule has 0 bridgehead atoms. The Morgan fingerprint density at radius 2 is 1.86 bits per heavy atom. The van der Waals surface area contributed by atoms with Crippen LogP contribution in [0.25, 0.3) is 54.9 Å². The van der Waals surface area contributed by atoms with Gasteiger partial charge in [0.25, 0.3) is 0 Å². The molecule has 1 fully saturated rings. The van der Waals surface area contributed by atoms with Crippen molar-refractivity contribution in [2.75, 3.05) is 5.32 Å². The SMILES string of the molecule is O=C(Nc1cncc(-c2cc3c(-c4cc5c(-c6cccs6)cncc5[nH]4)n[nH]c3cn2)c1)C1CCCC1. The van der Waals surface area contributed by atoms with Crippen LogP contribution in [0.2, 0.25) is 0 Å². The van der Waals surface area contributed by atoms with Gasteiger partial charge in [0.1, 0.15) is 5.69 Å². The quantitative estimate of drug-likeness (QED) is 0.250. The van der Waals surface area contributed by atoms with Crippen LogP contribution in [0.4, 0.5) is 5.69 Å². The van der Waals surface area contributed by atoms with Crippen molar-refractivity contribution in [2.24, 2.45) is 5.92 Å². The zero-order valence-electron chi connectivity index (χ0n) is 19.9. The standard InChI is InChI=1S/C28H23N7OS/c36-28(16-4-1-2-5-16)32-18-8-17(11-29-12-18)22-10-20-25(15-31-22)34-35-27(20)23-9-19-21(26-6-3-7-37-26)13-30-14-24(19)33-23/h3,6-16,33H,1-2,4-5H2,(H,32,36)(H,34,35). The number of nitrogens with zero attached hydrogens (tertiary/aromatic N) is 4. The van der Waals surface area contributed by atoms with Gasteiger partial charge in [0.2, 0.25) is 5.91 Å². The number of amides is 1. The van der Waals surface area contributed by atoms with E-state index < -0.39 is 0 Å². The topological polar surface area (TPSA) is 112 Å². The first-order valence-corrected chi connectivity index (χ1v) is 13.2. The molecule has 1 saturated carbocycles. The summed E-state index contributed by atoms with van der Waals surface area (Å²) >= 11 is 1.70. The summed E-state index contributed by atoms with van der Waals surface area (Å²) in [5.41, 5.74) is 6.89. The number of fused-ring (bicyclic) bond motifs is 2. The minimum atomic E-state index is 0.0761. The first kappa shape index (κ1) is 21.9. The van der Waals surface area contributed by atoms with E-state index in [4.69, 9.17) is 0 Å². The van der Waals surface area contributed by atoms with E-state index in [0.717, 1.165) is 75.7 Å². The van der Waals surface area contributed by atoms with Gasteiger partial charge < -0.3 is 10.3 Å². The Bertz CT molecular complexity index is 1750. The van der Waals surface area contributed by atoms with Crippen molar-refractivity contribution in [3.63, 3.8) is 0 Å². The molecule has 37 heavy (non-hydrogen) atoms. The van der Waals surface area contributed by atoms with Crippen molar-refractivity contribution in [1.82, 2.24) is 30.1 Å². The van der Waals surface area contributed by atoms with Gasteiger partial charge in [-0.1, -0.05) is 18.9 Å². The average Bonchev–Trinajstić information content (AvgIpc) is 3.74. The van der Waals surface area contributed by atoms with Crippen molar-refractivity contribution in [3.05, 3.63) is 66.7 Å². The Morgan fingerprint density at radius 1 is 0.973 bits per heavy atom. The monoisotopic (exact) mass is 505 g/mol. The molecule has 6 aromatic heterocycles. The van der Waals surface area contributed by atoms with E-state index in [1.54, 1.807) is 29.9 Å². The molecule has 0 saturated heterocycles. The highest BCUT2D eigenvalue weighted by Gasteiger charge is 2.23. The highest BCUT2D eigenvalue weighted by atomic mass is 32.1. The van der Waals surface area contributed by atoms with Crippen LogP contribution in [0.1, 0.15) is 25.7 Å². The molecule has 1 aliphatic carbocycles. The maximum Gasteiger partial charge on any atom is 0.227 e. The van der Waals surface area contributed by atoms with Gasteiger partial charge in [0, 0.05) is 45.1 Å². The number of pyridine rings is 3. The fourth-order valence-electron chi connectivity index (χ4n) is 5.17. The first-order valence-electron chi connectivity index (χ1n) is 12.3. The van der Waals surface area contributed by atoms with Crippen molar-refractivity contribution in [3.8, 4) is 33.1 Å². The summed E-state index contributed by atoms with van der Waals surface area (Å²) in [6.07, 6.45) is 13.1. The van der Waals surface area contributed by atoms with Gasteiger partial charge in [-0.05, 0) is 42.5 Å². The maximum absolute atomic E-state index is 12.6. The number of anilines is 1. The molecule has 0 unspecified atom stereocenters. The van der Waals surface area contributed by atoms with Crippen molar-refractivity contribution in [2.45, 2.75) is 25.7 Å². The number of hydrogen-bond acceptors (Lipinski definition) is 6. The van der Waals surface area contributed by atoms with Gasteiger partial charge in [-0.3, -0.25) is 24.8 Å². The van der Waals surface area contributed by atoms with Gasteiger partial charge in [-0.25, -0.2) is 0 Å². The molecule has 1 aliphatic rings. The molecule has 182 valence electrons. The van der Waals surface area contributed by atoms with Gasteiger partial charge in [0.05, 0.1) is 46.7 Å². The Morgan fingerprint density at radius 3 is 2.73 bits per heavy atom. The van der Waals surface area contributed by atoms with E-state index in [9.17, 15) is 4.79 Å². The van der Waals surface area contributed by atoms with E-state index in [1.165, 1.54) is 4.88 Å². The van der Waals surface area contributed by atoms with Crippen molar-refractivity contribution >= 4 is 44.7 Å². The summed E-state index contributed by atoms with van der Waals surface area (Å²) in [6.45, 7) is 0. The van der Waals surface area contributed by atoms with Gasteiger partial charge in [-0.15, -0.1) is 11.3 Å². The number of carbonyl (C=O) groups is 1. The third-order valence-electron chi connectivity index (χ3n) is 7.06. The molecule has 3 N–H and O–H groups in total. The van der Waals surface area contributed by atoms with Crippen LogP contribution in [0.3, 0.4) is 0 Å². The van der Waals surface area contributed by atoms with Crippen LogP contribution in [0.5, 0.6) is 0 Å². The molecule has 1 amide bonds. The molecule has 0 aromatic carbocycles. The Balaban J connectivity index is 1.25. The lowest BCUT2D eigenvalue weighted by molar-refractivity contribution is -0.119. The highest BCUT2D eigenvalue weighted by molar-refractivity contribution is 7.13. The number of aromatic nitrogens is 6. The molecule has 8 nitrogen and oxygen atoms in total. The van der Waals surface area contributed by atoms with E-state index >= 15 is 0 Å². The van der Waals surface area contributed by atoms with Crippen LogP contribution in [0, 0.1) is 5.92 Å². The predicted octanol–water partition coefficient (Wildman–Crippen LogP) is 6.42. The van der Waals surface area contributed by atoms with Gasteiger partial charge in [-0.2, -0.15) is 5.10 Å². The van der Waals surface area contributed by atoms with E-state index in [0.29, 0.717) is 5.69 Å². The largest absolute Gasteiger partial charge is 0.352 e. The summed E-state index contributed by atoms with van der Waals surface area (Å²) < 4.78 is 0. The van der Waals surface area contributed by atoms with Crippen LogP contribution in [0.15, 0.2) is 66.7 Å². The molecule has 0 aliphatic heterocycles. The van der Waals surface area contributed by atoms with Crippen molar-refractivity contribution < 1.29 is 4.79 Å². The molecule has 0 spiro atoms. The zero-order chi connectivity index (χ0) is 24.8. The molecule has 6 aromatic rings. The number of thiophene rings is 1. The summed E-state index contributed by atoms with van der Waals surface area (Å²) in [5, 5.41) is 14.9. The number of hydrogen-bond donors (Lipinski definition) is 3. The number of aromatic amines is 2. The van der Waals surface area contributed by atoms with Crippen LogP contribution >= 0.6 is 11.3 Å². The zero-order valence-corrected chi connectivity index (χ0v) is 20.7. The number of carbonyl (C=O) groups excluding carboxylic acids is 1. The average molecular weight is 506 g/mol. The summed E-state index contributed by atoms with van der Waals surface area (Å²) in [6, 6.07) is 10.2. The van der Waals surface area contributed by atoms with E-state index in [2.05, 4.69) is 53.0 Å². The lowest BCUT2D eigenvalue weighted by atomic mass is 10.1. The van der Waals surface area contributed by atoms with E-state index in [-0.39, 0.29) is 11.8 Å². The molecule has 0 atom stereocenters. The molecular formula is C28H23N7OS. The highest BCUT2D eigenvalue weighted by Crippen LogP contribution is 2.36.